The van der Waals surface area contributed by atoms with Crippen LogP contribution in [0.2, 0.25) is 0 Å². The van der Waals surface area contributed by atoms with Gasteiger partial charge in [0.15, 0.2) is 0 Å². The van der Waals surface area contributed by atoms with Crippen molar-refractivity contribution in [2.24, 2.45) is 0 Å². The zero-order valence-corrected chi connectivity index (χ0v) is 10.2. The number of ether oxygens (including phenoxy) is 1. The largest absolute Gasteiger partial charge is 0.480 e. The summed E-state index contributed by atoms with van der Waals surface area (Å²) < 4.78 is 4.92. The molecule has 1 amide bonds. The number of aliphatic carboxylic acids is 1. The van der Waals surface area contributed by atoms with Gasteiger partial charge in [0.1, 0.15) is 11.6 Å². The Morgan fingerprint density at radius 1 is 1.40 bits per heavy atom. The molecule has 0 rings (SSSR count). The SMILES string of the molecule is C[C@@H](S)[C@H](NC(=O)OC(C)(C)C)C(=O)O. The Kier molecular flexibility index (Phi) is 4.93. The van der Waals surface area contributed by atoms with E-state index in [-0.39, 0.29) is 0 Å². The Bertz CT molecular complexity index is 247. The molecule has 0 aliphatic rings. The van der Waals surface area contributed by atoms with Crippen LogP contribution in [-0.2, 0) is 9.53 Å². The summed E-state index contributed by atoms with van der Waals surface area (Å²) in [4.78, 5) is 22.0. The Balaban J connectivity index is 4.31. The van der Waals surface area contributed by atoms with Crippen LogP contribution >= 0.6 is 12.6 Å². The van der Waals surface area contributed by atoms with Gasteiger partial charge in [-0.05, 0) is 20.8 Å². The number of carboxylic acids is 1. The highest BCUT2D eigenvalue weighted by molar-refractivity contribution is 7.81. The quantitative estimate of drug-likeness (QED) is 0.644. The molecule has 0 fully saturated rings. The number of carboxylic acid groups (broad SMARTS) is 1. The first-order valence-corrected chi connectivity index (χ1v) is 5.05. The van der Waals surface area contributed by atoms with E-state index in [2.05, 4.69) is 17.9 Å². The van der Waals surface area contributed by atoms with Gasteiger partial charge in [-0.1, -0.05) is 6.92 Å². The molecule has 2 atom stereocenters. The first-order chi connectivity index (χ1) is 6.63. The molecule has 0 radical (unpaired) electrons. The topological polar surface area (TPSA) is 75.6 Å². The van der Waals surface area contributed by atoms with Gasteiger partial charge in [0.05, 0.1) is 0 Å². The second-order valence-corrected chi connectivity index (χ2v) is 5.02. The molecular weight excluding hydrogens is 218 g/mol. The standard InChI is InChI=1S/C9H17NO4S/c1-5(15)6(7(11)12)10-8(13)14-9(2,3)4/h5-6,15H,1-4H3,(H,10,13)(H,11,12)/t5-,6+/m1/s1. The van der Waals surface area contributed by atoms with Crippen LogP contribution in [0.25, 0.3) is 0 Å². The number of carbonyl (C=O) groups excluding carboxylic acids is 1. The van der Waals surface area contributed by atoms with Crippen molar-refractivity contribution in [1.82, 2.24) is 5.32 Å². The number of alkyl carbamates (subject to hydrolysis) is 1. The molecule has 0 aliphatic heterocycles. The van der Waals surface area contributed by atoms with Crippen molar-refractivity contribution >= 4 is 24.7 Å². The average Bonchev–Trinajstić information content (AvgIpc) is 1.95. The van der Waals surface area contributed by atoms with E-state index < -0.39 is 29.0 Å². The van der Waals surface area contributed by atoms with E-state index in [1.807, 2.05) is 0 Å². The van der Waals surface area contributed by atoms with E-state index >= 15 is 0 Å². The van der Waals surface area contributed by atoms with Gasteiger partial charge in [-0.25, -0.2) is 9.59 Å². The molecule has 0 spiro atoms. The monoisotopic (exact) mass is 235 g/mol. The minimum Gasteiger partial charge on any atom is -0.480 e. The summed E-state index contributed by atoms with van der Waals surface area (Å²) in [6.45, 7) is 6.69. The van der Waals surface area contributed by atoms with Gasteiger partial charge < -0.3 is 15.2 Å². The molecule has 0 saturated carbocycles. The third kappa shape index (κ3) is 6.22. The van der Waals surface area contributed by atoms with Crippen molar-refractivity contribution in [2.75, 3.05) is 0 Å². The smallest absolute Gasteiger partial charge is 0.408 e. The maximum atomic E-state index is 11.2. The fourth-order valence-corrected chi connectivity index (χ4v) is 1.03. The Labute approximate surface area is 94.6 Å². The second kappa shape index (κ2) is 5.25. The summed E-state index contributed by atoms with van der Waals surface area (Å²) in [6.07, 6.45) is -0.754. The summed E-state index contributed by atoms with van der Waals surface area (Å²) in [7, 11) is 0. The molecular formula is C9H17NO4S. The van der Waals surface area contributed by atoms with E-state index in [1.54, 1.807) is 27.7 Å². The van der Waals surface area contributed by atoms with Crippen molar-refractivity contribution in [3.8, 4) is 0 Å². The fourth-order valence-electron chi connectivity index (χ4n) is 0.823. The minimum atomic E-state index is -1.14. The van der Waals surface area contributed by atoms with E-state index in [4.69, 9.17) is 9.84 Å². The molecule has 0 aromatic heterocycles. The third-order valence-electron chi connectivity index (χ3n) is 1.42. The van der Waals surface area contributed by atoms with E-state index in [1.165, 1.54) is 0 Å². The van der Waals surface area contributed by atoms with Crippen LogP contribution in [0.5, 0.6) is 0 Å². The fraction of sp³-hybridized carbons (Fsp3) is 0.778. The number of thiol groups is 1. The molecule has 2 N–H and O–H groups in total. The Hall–Kier alpha value is -0.910. The Morgan fingerprint density at radius 2 is 1.87 bits per heavy atom. The van der Waals surface area contributed by atoms with Crippen molar-refractivity contribution in [1.29, 1.82) is 0 Å². The molecule has 0 aromatic rings. The lowest BCUT2D eigenvalue weighted by Crippen LogP contribution is -2.47. The van der Waals surface area contributed by atoms with Gasteiger partial charge in [0.2, 0.25) is 0 Å². The first-order valence-electron chi connectivity index (χ1n) is 4.54. The summed E-state index contributed by atoms with van der Waals surface area (Å²) in [5.74, 6) is -1.14. The summed E-state index contributed by atoms with van der Waals surface area (Å²) in [5, 5.41) is 10.5. The molecule has 0 heterocycles. The molecule has 88 valence electrons. The number of nitrogens with one attached hydrogen (secondary N) is 1. The molecule has 0 saturated heterocycles. The highest BCUT2D eigenvalue weighted by Gasteiger charge is 2.26. The lowest BCUT2D eigenvalue weighted by atomic mass is 10.2. The maximum Gasteiger partial charge on any atom is 0.408 e. The number of rotatable bonds is 3. The maximum absolute atomic E-state index is 11.2. The predicted molar refractivity (Wildman–Crippen MR) is 59.2 cm³/mol. The van der Waals surface area contributed by atoms with Crippen molar-refractivity contribution in [3.63, 3.8) is 0 Å². The third-order valence-corrected chi connectivity index (χ3v) is 1.72. The highest BCUT2D eigenvalue weighted by atomic mass is 32.1. The molecule has 0 aliphatic carbocycles. The molecule has 15 heavy (non-hydrogen) atoms. The van der Waals surface area contributed by atoms with Crippen LogP contribution in [-0.4, -0.2) is 34.1 Å². The van der Waals surface area contributed by atoms with Gasteiger partial charge in [0.25, 0.3) is 0 Å². The zero-order chi connectivity index (χ0) is 12.2. The number of hydrogen-bond acceptors (Lipinski definition) is 4. The van der Waals surface area contributed by atoms with Crippen molar-refractivity contribution < 1.29 is 19.4 Å². The first kappa shape index (κ1) is 14.1. The van der Waals surface area contributed by atoms with E-state index in [9.17, 15) is 9.59 Å². The van der Waals surface area contributed by atoms with Gasteiger partial charge in [-0.2, -0.15) is 12.6 Å². The molecule has 0 aromatic carbocycles. The highest BCUT2D eigenvalue weighted by Crippen LogP contribution is 2.08. The molecule has 6 heteroatoms. The van der Waals surface area contributed by atoms with E-state index in [0.717, 1.165) is 0 Å². The lowest BCUT2D eigenvalue weighted by molar-refractivity contribution is -0.139. The average molecular weight is 235 g/mol. The molecule has 0 unspecified atom stereocenters. The summed E-state index contributed by atoms with van der Waals surface area (Å²) in [5.41, 5.74) is -0.646. The zero-order valence-electron chi connectivity index (χ0n) is 9.27. The minimum absolute atomic E-state index is 0.491. The summed E-state index contributed by atoms with van der Waals surface area (Å²) >= 11 is 3.97. The number of hydrogen-bond donors (Lipinski definition) is 3. The van der Waals surface area contributed by atoms with Gasteiger partial charge in [-0.15, -0.1) is 0 Å². The Morgan fingerprint density at radius 3 is 2.13 bits per heavy atom. The van der Waals surface area contributed by atoms with Crippen LogP contribution in [0.1, 0.15) is 27.7 Å². The van der Waals surface area contributed by atoms with Crippen LogP contribution in [0.3, 0.4) is 0 Å². The summed E-state index contributed by atoms with van der Waals surface area (Å²) in [6, 6.07) is -1.05. The molecule has 0 bridgehead atoms. The van der Waals surface area contributed by atoms with E-state index in [0.29, 0.717) is 0 Å². The van der Waals surface area contributed by atoms with Gasteiger partial charge in [-0.3, -0.25) is 0 Å². The van der Waals surface area contributed by atoms with Crippen LogP contribution in [0.4, 0.5) is 4.79 Å². The lowest BCUT2D eigenvalue weighted by Gasteiger charge is -2.23. The van der Waals surface area contributed by atoms with Crippen molar-refractivity contribution in [2.45, 2.75) is 44.6 Å². The number of amides is 1. The number of carbonyl (C=O) groups is 2. The van der Waals surface area contributed by atoms with Crippen LogP contribution < -0.4 is 5.32 Å². The van der Waals surface area contributed by atoms with Crippen LogP contribution in [0.15, 0.2) is 0 Å². The van der Waals surface area contributed by atoms with Crippen molar-refractivity contribution in [3.05, 3.63) is 0 Å². The van der Waals surface area contributed by atoms with Gasteiger partial charge >= 0.3 is 12.1 Å². The predicted octanol–water partition coefficient (Wildman–Crippen LogP) is 1.28. The second-order valence-electron chi connectivity index (χ2n) is 4.20. The van der Waals surface area contributed by atoms with Gasteiger partial charge in [0, 0.05) is 5.25 Å². The normalized spacial score (nSPS) is 15.3. The van der Waals surface area contributed by atoms with Crippen LogP contribution in [0, 0.1) is 0 Å². The molecule has 5 nitrogen and oxygen atoms in total.